The smallest absolute Gasteiger partial charge is 0.258 e. The molecule has 142 valence electrons. The van der Waals surface area contributed by atoms with Gasteiger partial charge in [-0.15, -0.1) is 6.42 Å². The van der Waals surface area contributed by atoms with Crippen molar-refractivity contribution in [2.75, 3.05) is 11.4 Å². The van der Waals surface area contributed by atoms with E-state index in [9.17, 15) is 10.1 Å². The monoisotopic (exact) mass is 380 g/mol. The highest BCUT2D eigenvalue weighted by Crippen LogP contribution is 2.22. The van der Waals surface area contributed by atoms with Crippen molar-refractivity contribution in [3.8, 4) is 24.2 Å². The maximum absolute atomic E-state index is 13.1. The van der Waals surface area contributed by atoms with Crippen LogP contribution in [0, 0.1) is 23.7 Å². The fourth-order valence-corrected chi connectivity index (χ4v) is 3.00. The van der Waals surface area contributed by atoms with E-state index >= 15 is 0 Å². The number of hydrogen-bond donors (Lipinski definition) is 0. The Morgan fingerprint density at radius 3 is 2.62 bits per heavy atom. The second-order valence-electron chi connectivity index (χ2n) is 6.33. The maximum atomic E-state index is 13.1. The summed E-state index contributed by atoms with van der Waals surface area (Å²) in [5.74, 6) is 3.03. The van der Waals surface area contributed by atoms with E-state index in [0.717, 1.165) is 16.8 Å². The summed E-state index contributed by atoms with van der Waals surface area (Å²) < 4.78 is 5.83. The number of anilines is 1. The lowest BCUT2D eigenvalue weighted by Crippen LogP contribution is -2.30. The Bertz CT molecular complexity index is 1110. The minimum absolute atomic E-state index is 0.135. The summed E-state index contributed by atoms with van der Waals surface area (Å²) in [6, 6.07) is 23.8. The topological polar surface area (TPSA) is 53.3 Å². The second-order valence-corrected chi connectivity index (χ2v) is 6.33. The Balaban J connectivity index is 1.79. The van der Waals surface area contributed by atoms with Gasteiger partial charge in [-0.2, -0.15) is 5.26 Å². The van der Waals surface area contributed by atoms with E-state index in [4.69, 9.17) is 11.2 Å². The Kier molecular flexibility index (Phi) is 6.30. The fourth-order valence-electron chi connectivity index (χ4n) is 3.00. The molecule has 0 saturated carbocycles. The van der Waals surface area contributed by atoms with Crippen molar-refractivity contribution in [3.05, 3.63) is 95.1 Å². The first kappa shape index (κ1) is 19.7. The number of nitrogens with zero attached hydrogens (tertiary/aromatic N) is 2. The second kappa shape index (κ2) is 9.26. The van der Waals surface area contributed by atoms with Crippen LogP contribution in [0.25, 0.3) is 0 Å². The van der Waals surface area contributed by atoms with Crippen molar-refractivity contribution in [2.24, 2.45) is 0 Å². The Morgan fingerprint density at radius 2 is 1.86 bits per heavy atom. The summed E-state index contributed by atoms with van der Waals surface area (Å²) >= 11 is 0. The number of nitriles is 1. The number of benzene rings is 3. The van der Waals surface area contributed by atoms with Gasteiger partial charge in [-0.1, -0.05) is 36.3 Å². The Morgan fingerprint density at radius 1 is 1.07 bits per heavy atom. The van der Waals surface area contributed by atoms with Crippen molar-refractivity contribution < 1.29 is 9.53 Å². The number of ether oxygens (including phenoxy) is 1. The molecule has 3 aromatic carbocycles. The normalized spacial score (nSPS) is 9.90. The zero-order chi connectivity index (χ0) is 20.6. The molecule has 3 rings (SSSR count). The third-order valence-electron chi connectivity index (χ3n) is 4.50. The van der Waals surface area contributed by atoms with Gasteiger partial charge in [0.15, 0.2) is 0 Å². The van der Waals surface area contributed by atoms with Crippen LogP contribution in [-0.2, 0) is 6.61 Å². The van der Waals surface area contributed by atoms with Crippen LogP contribution in [0.3, 0.4) is 0 Å². The summed E-state index contributed by atoms with van der Waals surface area (Å²) in [4.78, 5) is 14.8. The standard InChI is InChI=1S/C25H20N2O2/c1-3-19-9-7-13-23(15-19)27(4-2)25(28)20-12-8-14-24(16-20)29-18-22-11-6-5-10-21(22)17-26/h1,5-16H,4,18H2,2H3. The van der Waals surface area contributed by atoms with E-state index in [0.29, 0.717) is 23.4 Å². The third-order valence-corrected chi connectivity index (χ3v) is 4.50. The van der Waals surface area contributed by atoms with E-state index in [2.05, 4.69) is 12.0 Å². The summed E-state index contributed by atoms with van der Waals surface area (Å²) in [7, 11) is 0. The highest BCUT2D eigenvalue weighted by Gasteiger charge is 2.17. The Labute approximate surface area is 171 Å². The molecule has 0 spiro atoms. The summed E-state index contributed by atoms with van der Waals surface area (Å²) in [5, 5.41) is 9.20. The predicted octanol–water partition coefficient (Wildman–Crippen LogP) is 4.79. The Hall–Kier alpha value is -4.02. The first-order valence-electron chi connectivity index (χ1n) is 9.25. The quantitative estimate of drug-likeness (QED) is 0.578. The summed E-state index contributed by atoms with van der Waals surface area (Å²) in [5.41, 5.74) is 3.37. The van der Waals surface area contributed by atoms with E-state index in [1.54, 1.807) is 35.2 Å². The van der Waals surface area contributed by atoms with Crippen LogP contribution in [0.1, 0.15) is 34.0 Å². The van der Waals surface area contributed by atoms with Gasteiger partial charge in [-0.25, -0.2) is 0 Å². The number of carbonyl (C=O) groups is 1. The van der Waals surface area contributed by atoms with Crippen LogP contribution < -0.4 is 9.64 Å². The number of rotatable bonds is 6. The molecule has 0 aliphatic heterocycles. The van der Waals surface area contributed by atoms with Crippen LogP contribution >= 0.6 is 0 Å². The molecule has 0 unspecified atom stereocenters. The molecular weight excluding hydrogens is 360 g/mol. The lowest BCUT2D eigenvalue weighted by molar-refractivity contribution is 0.0988. The van der Waals surface area contributed by atoms with Crippen LogP contribution in [-0.4, -0.2) is 12.5 Å². The molecular formula is C25H20N2O2. The molecule has 0 aromatic heterocycles. The molecule has 29 heavy (non-hydrogen) atoms. The number of carbonyl (C=O) groups excluding carboxylic acids is 1. The molecule has 0 N–H and O–H groups in total. The van der Waals surface area contributed by atoms with Crippen LogP contribution in [0.4, 0.5) is 5.69 Å². The van der Waals surface area contributed by atoms with Gasteiger partial charge in [0, 0.05) is 28.9 Å². The zero-order valence-electron chi connectivity index (χ0n) is 16.1. The van der Waals surface area contributed by atoms with Gasteiger partial charge in [-0.05, 0) is 49.4 Å². The molecule has 0 saturated heterocycles. The van der Waals surface area contributed by atoms with Crippen LogP contribution in [0.15, 0.2) is 72.8 Å². The zero-order valence-corrected chi connectivity index (χ0v) is 16.1. The van der Waals surface area contributed by atoms with Gasteiger partial charge in [0.1, 0.15) is 12.4 Å². The first-order chi connectivity index (χ1) is 14.2. The minimum atomic E-state index is -0.135. The molecule has 0 aliphatic rings. The molecule has 0 atom stereocenters. The molecule has 4 nitrogen and oxygen atoms in total. The van der Waals surface area contributed by atoms with Crippen LogP contribution in [0.2, 0.25) is 0 Å². The van der Waals surface area contributed by atoms with Gasteiger partial charge in [0.25, 0.3) is 5.91 Å². The summed E-state index contributed by atoms with van der Waals surface area (Å²) in [6.45, 7) is 2.68. The maximum Gasteiger partial charge on any atom is 0.258 e. The molecule has 0 aliphatic carbocycles. The van der Waals surface area contributed by atoms with Crippen molar-refractivity contribution in [2.45, 2.75) is 13.5 Å². The number of hydrogen-bond acceptors (Lipinski definition) is 3. The molecule has 0 heterocycles. The van der Waals surface area contributed by atoms with Gasteiger partial charge in [0.2, 0.25) is 0 Å². The average molecular weight is 380 g/mol. The van der Waals surface area contributed by atoms with Crippen molar-refractivity contribution in [3.63, 3.8) is 0 Å². The highest BCUT2D eigenvalue weighted by molar-refractivity contribution is 6.06. The largest absolute Gasteiger partial charge is 0.489 e. The van der Waals surface area contributed by atoms with Crippen molar-refractivity contribution in [1.82, 2.24) is 0 Å². The lowest BCUT2D eigenvalue weighted by atomic mass is 10.1. The third kappa shape index (κ3) is 4.64. The molecule has 3 aromatic rings. The SMILES string of the molecule is C#Cc1cccc(N(CC)C(=O)c2cccc(OCc3ccccc3C#N)c2)c1. The van der Waals surface area contributed by atoms with Gasteiger partial charge in [0.05, 0.1) is 11.6 Å². The average Bonchev–Trinajstić information content (AvgIpc) is 2.78. The van der Waals surface area contributed by atoms with E-state index < -0.39 is 0 Å². The summed E-state index contributed by atoms with van der Waals surface area (Å²) in [6.07, 6.45) is 5.48. The number of terminal acetylenes is 1. The van der Waals surface area contributed by atoms with Crippen LogP contribution in [0.5, 0.6) is 5.75 Å². The van der Waals surface area contributed by atoms with E-state index in [1.165, 1.54) is 0 Å². The molecule has 0 fully saturated rings. The van der Waals surface area contributed by atoms with Gasteiger partial charge >= 0.3 is 0 Å². The van der Waals surface area contributed by atoms with Crippen molar-refractivity contribution in [1.29, 1.82) is 5.26 Å². The van der Waals surface area contributed by atoms with E-state index in [-0.39, 0.29) is 12.5 Å². The fraction of sp³-hybridized carbons (Fsp3) is 0.120. The lowest BCUT2D eigenvalue weighted by Gasteiger charge is -2.21. The van der Waals surface area contributed by atoms with E-state index in [1.807, 2.05) is 49.4 Å². The molecule has 1 amide bonds. The number of amides is 1. The molecule has 0 radical (unpaired) electrons. The van der Waals surface area contributed by atoms with Gasteiger partial charge < -0.3 is 9.64 Å². The van der Waals surface area contributed by atoms with Gasteiger partial charge in [-0.3, -0.25) is 4.79 Å². The predicted molar refractivity (Wildman–Crippen MR) is 114 cm³/mol. The highest BCUT2D eigenvalue weighted by atomic mass is 16.5. The minimum Gasteiger partial charge on any atom is -0.489 e. The first-order valence-corrected chi connectivity index (χ1v) is 9.25. The molecule has 0 bridgehead atoms. The van der Waals surface area contributed by atoms with Crippen molar-refractivity contribution >= 4 is 11.6 Å². The molecule has 4 heteroatoms.